The van der Waals surface area contributed by atoms with E-state index < -0.39 is 31.1 Å². The van der Waals surface area contributed by atoms with Crippen LogP contribution in [0.1, 0.15) is 6.42 Å². The van der Waals surface area contributed by atoms with Gasteiger partial charge in [-0.15, -0.1) is 6.58 Å². The van der Waals surface area contributed by atoms with Crippen molar-refractivity contribution in [3.63, 3.8) is 0 Å². The van der Waals surface area contributed by atoms with Crippen molar-refractivity contribution in [1.29, 1.82) is 0 Å². The highest BCUT2D eigenvalue weighted by molar-refractivity contribution is 7.53. The van der Waals surface area contributed by atoms with Gasteiger partial charge in [-0.1, -0.05) is 6.08 Å². The van der Waals surface area contributed by atoms with Crippen molar-refractivity contribution >= 4 is 19.5 Å². The molecule has 86 valence electrons. The summed E-state index contributed by atoms with van der Waals surface area (Å²) >= 11 is 0. The van der Waals surface area contributed by atoms with Gasteiger partial charge in [0, 0.05) is 0 Å². The molecule has 0 aliphatic carbocycles. The van der Waals surface area contributed by atoms with Gasteiger partial charge in [0.05, 0.1) is 5.92 Å². The van der Waals surface area contributed by atoms with Crippen molar-refractivity contribution in [2.24, 2.45) is 5.92 Å². The van der Waals surface area contributed by atoms with Gasteiger partial charge in [-0.25, -0.2) is 0 Å². The maximum Gasteiger partial charge on any atom is 0.340 e. The lowest BCUT2D eigenvalue weighted by molar-refractivity contribution is -0.148. The highest BCUT2D eigenvalue weighted by Crippen LogP contribution is 2.46. The van der Waals surface area contributed by atoms with Gasteiger partial charge < -0.3 is 20.0 Å². The topological polar surface area (TPSA) is 132 Å². The van der Waals surface area contributed by atoms with Gasteiger partial charge in [-0.2, -0.15) is 0 Å². The van der Waals surface area contributed by atoms with Crippen LogP contribution in [0.3, 0.4) is 0 Å². The van der Waals surface area contributed by atoms with Crippen LogP contribution in [-0.2, 0) is 14.2 Å². The molecule has 0 aromatic carbocycles. The second-order valence-corrected chi connectivity index (χ2v) is 4.58. The Kier molecular flexibility index (Phi) is 4.67. The Bertz CT molecular complexity index is 317. The molecule has 0 aliphatic rings. The van der Waals surface area contributed by atoms with Crippen LogP contribution in [-0.4, -0.2) is 37.6 Å². The molecule has 2 atom stereocenters. The van der Waals surface area contributed by atoms with E-state index in [1.807, 2.05) is 0 Å². The van der Waals surface area contributed by atoms with Crippen molar-refractivity contribution in [1.82, 2.24) is 0 Å². The summed E-state index contributed by atoms with van der Waals surface area (Å²) in [5, 5.41) is 17.2. The monoisotopic (exact) mass is 238 g/mol. The highest BCUT2D eigenvalue weighted by Gasteiger charge is 2.45. The lowest BCUT2D eigenvalue weighted by Crippen LogP contribution is -2.34. The minimum atomic E-state index is -5.00. The number of allylic oxidation sites excluding steroid dienone is 1. The summed E-state index contributed by atoms with van der Waals surface area (Å²) in [6.45, 7) is 3.20. The zero-order valence-electron chi connectivity index (χ0n) is 7.61. The van der Waals surface area contributed by atoms with Crippen molar-refractivity contribution in [2.75, 3.05) is 0 Å². The number of aliphatic carboxylic acids is 2. The molecule has 0 aromatic heterocycles. The molecule has 0 heterocycles. The molecule has 8 heteroatoms. The van der Waals surface area contributed by atoms with Gasteiger partial charge in [0.25, 0.3) is 0 Å². The third-order valence-electron chi connectivity index (χ3n) is 1.73. The first-order valence-corrected chi connectivity index (χ1v) is 5.51. The summed E-state index contributed by atoms with van der Waals surface area (Å²) in [5.41, 5.74) is -2.24. The van der Waals surface area contributed by atoms with Crippen LogP contribution < -0.4 is 0 Å². The summed E-state index contributed by atoms with van der Waals surface area (Å²) in [6, 6.07) is 0. The summed E-state index contributed by atoms with van der Waals surface area (Å²) in [4.78, 5) is 38.7. The van der Waals surface area contributed by atoms with Gasteiger partial charge in [0.2, 0.25) is 0 Å². The predicted molar refractivity (Wildman–Crippen MR) is 49.4 cm³/mol. The van der Waals surface area contributed by atoms with Crippen molar-refractivity contribution in [3.05, 3.63) is 12.7 Å². The van der Waals surface area contributed by atoms with E-state index in [0.717, 1.165) is 6.08 Å². The van der Waals surface area contributed by atoms with Crippen LogP contribution in [0.5, 0.6) is 0 Å². The quantitative estimate of drug-likeness (QED) is 0.375. The van der Waals surface area contributed by atoms with Crippen LogP contribution in [0.15, 0.2) is 12.7 Å². The lowest BCUT2D eigenvalue weighted by Gasteiger charge is -2.19. The molecule has 4 N–H and O–H groups in total. The number of carbonyl (C=O) groups is 2. The molecule has 2 unspecified atom stereocenters. The van der Waals surface area contributed by atoms with Crippen LogP contribution in [0.25, 0.3) is 0 Å². The molecule has 0 aliphatic heterocycles. The molecule has 7 nitrogen and oxygen atoms in total. The Balaban J connectivity index is 5.19. The Labute approximate surface area is 85.2 Å². The normalized spacial score (nSPS) is 15.3. The molecule has 0 fully saturated rings. The minimum absolute atomic E-state index is 0.322. The minimum Gasteiger partial charge on any atom is -0.481 e. The maximum absolute atomic E-state index is 10.8. The van der Waals surface area contributed by atoms with E-state index in [-0.39, 0.29) is 6.42 Å². The molecule has 0 saturated carbocycles. The first-order chi connectivity index (χ1) is 6.71. The van der Waals surface area contributed by atoms with Gasteiger partial charge in [-0.3, -0.25) is 14.2 Å². The Morgan fingerprint density at radius 3 is 1.93 bits per heavy atom. The smallest absolute Gasteiger partial charge is 0.340 e. The zero-order chi connectivity index (χ0) is 12.2. The number of hydrogen-bond acceptors (Lipinski definition) is 3. The number of rotatable bonds is 6. The molecule has 0 saturated heterocycles. The third kappa shape index (κ3) is 3.83. The molecule has 0 spiro atoms. The molecule has 0 rings (SSSR count). The second-order valence-electron chi connectivity index (χ2n) is 2.84. The van der Waals surface area contributed by atoms with E-state index in [0.29, 0.717) is 0 Å². The van der Waals surface area contributed by atoms with E-state index in [1.165, 1.54) is 0 Å². The molecule has 15 heavy (non-hydrogen) atoms. The second kappa shape index (κ2) is 5.06. The summed E-state index contributed by atoms with van der Waals surface area (Å²) in [7, 11) is -5.00. The molecule has 0 aromatic rings. The summed E-state index contributed by atoms with van der Waals surface area (Å²) in [6.07, 6.45) is 0.780. The molecular weight excluding hydrogens is 227 g/mol. The van der Waals surface area contributed by atoms with Crippen molar-refractivity contribution in [2.45, 2.75) is 12.1 Å². The van der Waals surface area contributed by atoms with E-state index in [1.54, 1.807) is 0 Å². The Morgan fingerprint density at radius 2 is 1.73 bits per heavy atom. The predicted octanol–water partition coefficient (Wildman–Crippen LogP) is -0.106. The number of hydrogen-bond donors (Lipinski definition) is 4. The van der Waals surface area contributed by atoms with E-state index in [9.17, 15) is 14.2 Å². The van der Waals surface area contributed by atoms with Crippen LogP contribution in [0.2, 0.25) is 0 Å². The number of carboxylic acid groups (broad SMARTS) is 2. The van der Waals surface area contributed by atoms with Crippen LogP contribution >= 0.6 is 7.60 Å². The lowest BCUT2D eigenvalue weighted by atomic mass is 10.0. The standard InChI is InChI=1S/C7H11O7P/c1-2-3-4(6(8)9)5(7(10)11)15(12,13)14/h2,4-5H,1,3H2,(H,8,9)(H,10,11)(H2,12,13,14). The van der Waals surface area contributed by atoms with Gasteiger partial charge in [-0.05, 0) is 6.42 Å². The molecular formula is C7H11O7P. The van der Waals surface area contributed by atoms with Crippen molar-refractivity contribution < 1.29 is 34.2 Å². The zero-order valence-corrected chi connectivity index (χ0v) is 8.50. The molecule has 0 radical (unpaired) electrons. The van der Waals surface area contributed by atoms with E-state index in [4.69, 9.17) is 20.0 Å². The largest absolute Gasteiger partial charge is 0.481 e. The number of carboxylic acids is 2. The third-order valence-corrected chi connectivity index (χ3v) is 3.04. The maximum atomic E-state index is 10.8. The highest BCUT2D eigenvalue weighted by atomic mass is 31.2. The van der Waals surface area contributed by atoms with E-state index in [2.05, 4.69) is 6.58 Å². The summed E-state index contributed by atoms with van der Waals surface area (Å²) < 4.78 is 10.8. The summed E-state index contributed by atoms with van der Waals surface area (Å²) in [5.74, 6) is -5.09. The van der Waals surface area contributed by atoms with Gasteiger partial charge >= 0.3 is 19.5 Å². The fraction of sp³-hybridized carbons (Fsp3) is 0.429. The first kappa shape index (κ1) is 13.8. The molecule has 0 amide bonds. The van der Waals surface area contributed by atoms with Gasteiger partial charge in [0.15, 0.2) is 5.66 Å². The Hall–Kier alpha value is -1.17. The van der Waals surface area contributed by atoms with E-state index >= 15 is 0 Å². The first-order valence-electron chi connectivity index (χ1n) is 3.83. The SMILES string of the molecule is C=CCC(C(=O)O)C(C(=O)O)P(=O)(O)O. The van der Waals surface area contributed by atoms with Gasteiger partial charge in [0.1, 0.15) is 0 Å². The van der Waals surface area contributed by atoms with Crippen LogP contribution in [0.4, 0.5) is 0 Å². The van der Waals surface area contributed by atoms with Crippen molar-refractivity contribution in [3.8, 4) is 0 Å². The van der Waals surface area contributed by atoms with Crippen LogP contribution in [0, 0.1) is 5.92 Å². The fourth-order valence-corrected chi connectivity index (χ4v) is 2.10. The Morgan fingerprint density at radius 1 is 1.27 bits per heavy atom. The molecule has 0 bridgehead atoms. The fourth-order valence-electron chi connectivity index (χ4n) is 1.09. The average molecular weight is 238 g/mol. The average Bonchev–Trinajstić information content (AvgIpc) is 1.99.